The summed E-state index contributed by atoms with van der Waals surface area (Å²) in [6, 6.07) is 10.3. The van der Waals surface area contributed by atoms with Gasteiger partial charge in [0.25, 0.3) is 0 Å². The molecule has 0 spiro atoms. The maximum Gasteiger partial charge on any atom is 0.355 e. The number of aromatic carboxylic acids is 2. The molecule has 0 fully saturated rings. The molecule has 11 nitrogen and oxygen atoms in total. The Morgan fingerprint density at radius 1 is 0.921 bits per heavy atom. The number of anilines is 1. The molecule has 1 heterocycles. The average Bonchev–Trinajstić information content (AvgIpc) is 2.87. The van der Waals surface area contributed by atoms with Gasteiger partial charge in [-0.2, -0.15) is 5.26 Å². The number of nitriles is 1. The first kappa shape index (κ1) is 29.6. The Kier molecular flexibility index (Phi) is 9.25. The van der Waals surface area contributed by atoms with Crippen molar-refractivity contribution < 1.29 is 38.9 Å². The van der Waals surface area contributed by atoms with E-state index in [9.17, 15) is 34.7 Å². The molecule has 3 rings (SSSR count). The maximum absolute atomic E-state index is 13.3. The Balaban J connectivity index is 2.62. The SMILES string of the molecule is COC(=O)C1=C(C(=O)OC)N(c2c(I)c(C(=O)O)c(I)c(C(=O)O)c2I)C(N)=C(C#N)C1c1ccccc1. The van der Waals surface area contributed by atoms with Crippen molar-refractivity contribution in [2.45, 2.75) is 5.92 Å². The molecule has 196 valence electrons. The number of carbonyl (C=O) groups is 4. The number of nitrogens with two attached hydrogens (primary N) is 1. The Hall–Kier alpha value is -2.92. The number of esters is 2. The van der Waals surface area contributed by atoms with E-state index in [1.54, 1.807) is 98.1 Å². The van der Waals surface area contributed by atoms with E-state index in [-0.39, 0.29) is 44.5 Å². The topological polar surface area (TPSA) is 180 Å². The van der Waals surface area contributed by atoms with E-state index in [0.717, 1.165) is 19.1 Å². The van der Waals surface area contributed by atoms with Crippen molar-refractivity contribution in [3.63, 3.8) is 0 Å². The van der Waals surface area contributed by atoms with Gasteiger partial charge in [0.15, 0.2) is 0 Å². The number of halogens is 3. The lowest BCUT2D eigenvalue weighted by molar-refractivity contribution is -0.139. The number of methoxy groups -OCH3 is 2. The fourth-order valence-corrected chi connectivity index (χ4v) is 8.54. The Bertz CT molecular complexity index is 1450. The van der Waals surface area contributed by atoms with Gasteiger partial charge in [0.05, 0.1) is 61.3 Å². The summed E-state index contributed by atoms with van der Waals surface area (Å²) in [5.74, 6) is -6.35. The van der Waals surface area contributed by atoms with E-state index < -0.39 is 35.5 Å². The van der Waals surface area contributed by atoms with Crippen LogP contribution in [-0.4, -0.2) is 48.3 Å². The van der Waals surface area contributed by atoms with Crippen LogP contribution >= 0.6 is 67.8 Å². The highest BCUT2D eigenvalue weighted by Gasteiger charge is 2.45. The molecule has 0 bridgehead atoms. The summed E-state index contributed by atoms with van der Waals surface area (Å²) >= 11 is 5.02. The van der Waals surface area contributed by atoms with E-state index in [0.29, 0.717) is 5.56 Å². The van der Waals surface area contributed by atoms with Crippen LogP contribution in [0.1, 0.15) is 32.2 Å². The number of carboxylic acids is 2. The average molecular weight is 855 g/mol. The van der Waals surface area contributed by atoms with E-state index in [1.165, 1.54) is 0 Å². The molecule has 0 aliphatic carbocycles. The predicted octanol–water partition coefficient (Wildman–Crippen LogP) is 3.79. The summed E-state index contributed by atoms with van der Waals surface area (Å²) in [6.07, 6.45) is 0. The van der Waals surface area contributed by atoms with Crippen LogP contribution in [0.3, 0.4) is 0 Å². The van der Waals surface area contributed by atoms with Crippen LogP contribution in [0, 0.1) is 22.0 Å². The van der Waals surface area contributed by atoms with Gasteiger partial charge in [-0.3, -0.25) is 4.90 Å². The number of hydrogen-bond acceptors (Lipinski definition) is 9. The highest BCUT2D eigenvalue weighted by molar-refractivity contribution is 14.1. The van der Waals surface area contributed by atoms with Crippen molar-refractivity contribution in [2.24, 2.45) is 5.73 Å². The van der Waals surface area contributed by atoms with Gasteiger partial charge in [0, 0.05) is 3.57 Å². The van der Waals surface area contributed by atoms with Crippen molar-refractivity contribution in [2.75, 3.05) is 19.1 Å². The summed E-state index contributed by atoms with van der Waals surface area (Å²) in [7, 11) is 2.16. The third-order valence-corrected chi connectivity index (χ3v) is 8.73. The van der Waals surface area contributed by atoms with Crippen LogP contribution in [0.5, 0.6) is 0 Å². The Morgan fingerprint density at radius 3 is 1.84 bits per heavy atom. The normalized spacial score (nSPS) is 15.2. The van der Waals surface area contributed by atoms with Crippen molar-refractivity contribution in [1.29, 1.82) is 5.26 Å². The lowest BCUT2D eigenvalue weighted by atomic mass is 9.81. The zero-order chi connectivity index (χ0) is 28.5. The number of benzene rings is 2. The van der Waals surface area contributed by atoms with Crippen LogP contribution in [-0.2, 0) is 19.1 Å². The minimum atomic E-state index is -1.43. The van der Waals surface area contributed by atoms with E-state index in [1.807, 2.05) is 6.07 Å². The standard InChI is InChI=1S/C24H16I3N3O8/c1-37-23(35)12-11(9-6-4-3-5-7-9)10(8-28)20(29)30(18(12)24(36)38-2)19-16(26)13(21(31)32)15(25)14(17(19)27)22(33)34/h3-7,11H,29H2,1-2H3,(H,31,32)(H,33,34). The van der Waals surface area contributed by atoms with Crippen LogP contribution in [0.4, 0.5) is 5.69 Å². The van der Waals surface area contributed by atoms with Gasteiger partial charge in [-0.1, -0.05) is 30.3 Å². The first-order chi connectivity index (χ1) is 17.9. The second-order valence-corrected chi connectivity index (χ2v) is 10.7. The molecule has 4 N–H and O–H groups in total. The van der Waals surface area contributed by atoms with E-state index in [4.69, 9.17) is 15.2 Å². The van der Waals surface area contributed by atoms with Crippen LogP contribution in [0.15, 0.2) is 53.0 Å². The zero-order valence-electron chi connectivity index (χ0n) is 19.4. The molecular formula is C24H16I3N3O8. The minimum Gasteiger partial charge on any atom is -0.478 e. The number of ether oxygens (including phenoxy) is 2. The molecule has 0 radical (unpaired) electrons. The molecule has 0 saturated carbocycles. The molecule has 0 saturated heterocycles. The molecule has 0 aromatic heterocycles. The lowest BCUT2D eigenvalue weighted by Gasteiger charge is -2.37. The zero-order valence-corrected chi connectivity index (χ0v) is 25.9. The van der Waals surface area contributed by atoms with Crippen molar-refractivity contribution in [3.05, 3.63) is 80.4 Å². The smallest absolute Gasteiger partial charge is 0.355 e. The second kappa shape index (κ2) is 11.9. The molecule has 1 aliphatic heterocycles. The van der Waals surface area contributed by atoms with Crippen LogP contribution in [0.25, 0.3) is 0 Å². The van der Waals surface area contributed by atoms with Gasteiger partial charge in [0.2, 0.25) is 0 Å². The first-order valence-electron chi connectivity index (χ1n) is 10.3. The number of hydrogen-bond donors (Lipinski definition) is 3. The number of nitrogens with zero attached hydrogens (tertiary/aromatic N) is 2. The predicted molar refractivity (Wildman–Crippen MR) is 158 cm³/mol. The molecule has 1 atom stereocenters. The first-order valence-corrected chi connectivity index (χ1v) is 13.5. The van der Waals surface area contributed by atoms with Gasteiger partial charge < -0.3 is 25.4 Å². The molecule has 1 aliphatic rings. The summed E-state index contributed by atoms with van der Waals surface area (Å²) in [6.45, 7) is 0. The third-order valence-electron chi connectivity index (χ3n) is 5.56. The van der Waals surface area contributed by atoms with Crippen molar-refractivity contribution in [3.8, 4) is 6.07 Å². The molecule has 14 heteroatoms. The molecule has 1 unspecified atom stereocenters. The summed E-state index contributed by atoms with van der Waals surface area (Å²) in [4.78, 5) is 51.9. The maximum atomic E-state index is 13.3. The lowest BCUT2D eigenvalue weighted by Crippen LogP contribution is -2.42. The third kappa shape index (κ3) is 4.93. The number of rotatable bonds is 6. The molecule has 0 amide bonds. The van der Waals surface area contributed by atoms with Crippen LogP contribution in [0.2, 0.25) is 0 Å². The van der Waals surface area contributed by atoms with Crippen molar-refractivity contribution in [1.82, 2.24) is 0 Å². The summed E-state index contributed by atoms with van der Waals surface area (Å²) in [5.41, 5.74) is 5.19. The number of allylic oxidation sites excluding steroid dienone is 1. The molecule has 2 aromatic carbocycles. The second-order valence-electron chi connectivity index (χ2n) is 7.49. The Labute approximate surface area is 256 Å². The minimum absolute atomic E-state index is 0.0120. The van der Waals surface area contributed by atoms with Gasteiger partial charge in [0.1, 0.15) is 11.5 Å². The highest BCUT2D eigenvalue weighted by atomic mass is 127. The van der Waals surface area contributed by atoms with Gasteiger partial charge in [-0.15, -0.1) is 0 Å². The number of carbonyl (C=O) groups excluding carboxylic acids is 2. The van der Waals surface area contributed by atoms with Crippen LogP contribution < -0.4 is 10.6 Å². The van der Waals surface area contributed by atoms with Crippen molar-refractivity contribution >= 4 is 97.3 Å². The summed E-state index contributed by atoms with van der Waals surface area (Å²) in [5, 5.41) is 30.0. The van der Waals surface area contributed by atoms with Gasteiger partial charge in [-0.05, 0) is 73.3 Å². The monoisotopic (exact) mass is 855 g/mol. The fraction of sp³-hybridized carbons (Fsp3) is 0.125. The summed E-state index contributed by atoms with van der Waals surface area (Å²) < 4.78 is 9.93. The number of carboxylic acid groups (broad SMARTS) is 2. The quantitative estimate of drug-likeness (QED) is 0.284. The molecule has 2 aromatic rings. The fourth-order valence-electron chi connectivity index (χ4n) is 3.97. The Morgan fingerprint density at radius 2 is 1.42 bits per heavy atom. The van der Waals surface area contributed by atoms with E-state index >= 15 is 0 Å². The molecule has 38 heavy (non-hydrogen) atoms. The van der Waals surface area contributed by atoms with Gasteiger partial charge >= 0.3 is 23.9 Å². The molecular weight excluding hydrogens is 839 g/mol. The largest absolute Gasteiger partial charge is 0.478 e. The van der Waals surface area contributed by atoms with E-state index in [2.05, 4.69) is 0 Å². The highest BCUT2D eigenvalue weighted by Crippen LogP contribution is 2.47. The van der Waals surface area contributed by atoms with Gasteiger partial charge in [-0.25, -0.2) is 19.2 Å².